The van der Waals surface area contributed by atoms with Crippen LogP contribution in [-0.4, -0.2) is 16.9 Å². The molecule has 0 aliphatic heterocycles. The molecule has 0 spiro atoms. The predicted molar refractivity (Wildman–Crippen MR) is 98.2 cm³/mol. The Bertz CT molecular complexity index is 989. The van der Waals surface area contributed by atoms with E-state index in [2.05, 4.69) is 10.3 Å². The topological polar surface area (TPSA) is 42.0 Å². The zero-order chi connectivity index (χ0) is 18.1. The van der Waals surface area contributed by atoms with Crippen LogP contribution in [0.3, 0.4) is 0 Å². The maximum absolute atomic E-state index is 13.8. The van der Waals surface area contributed by atoms with E-state index in [9.17, 15) is 13.6 Å². The van der Waals surface area contributed by atoms with E-state index in [0.29, 0.717) is 16.1 Å². The number of nitrogens with one attached hydrogen (secondary N) is 1. The number of thioether (sulfide) groups is 1. The third kappa shape index (κ3) is 3.55. The first kappa shape index (κ1) is 17.0. The molecule has 1 aliphatic carbocycles. The first-order chi connectivity index (χ1) is 12.6. The highest BCUT2D eigenvalue weighted by Crippen LogP contribution is 2.28. The number of fused-ring (bicyclic) bond motifs is 1. The number of aromatic nitrogens is 1. The second-order valence-electron chi connectivity index (χ2n) is 6.27. The summed E-state index contributed by atoms with van der Waals surface area (Å²) >= 11 is 1.28. The molecule has 3 aromatic rings. The second-order valence-corrected chi connectivity index (χ2v) is 7.27. The lowest BCUT2D eigenvalue weighted by molar-refractivity contribution is 0.0952. The van der Waals surface area contributed by atoms with Crippen LogP contribution in [0.2, 0.25) is 0 Å². The van der Waals surface area contributed by atoms with Crippen molar-refractivity contribution in [1.82, 2.24) is 10.3 Å². The fraction of sp³-hybridized carbons (Fsp3) is 0.200. The van der Waals surface area contributed by atoms with Crippen molar-refractivity contribution in [3.63, 3.8) is 0 Å². The summed E-state index contributed by atoms with van der Waals surface area (Å²) in [6.45, 7) is 0. The van der Waals surface area contributed by atoms with Gasteiger partial charge in [0.15, 0.2) is 11.6 Å². The third-order valence-corrected chi connectivity index (χ3v) is 5.22. The summed E-state index contributed by atoms with van der Waals surface area (Å²) in [5.74, 6) is -1.59. The summed E-state index contributed by atoms with van der Waals surface area (Å²) in [7, 11) is 0. The van der Waals surface area contributed by atoms with E-state index in [1.165, 1.54) is 17.8 Å². The molecular formula is C20H16F2N2OS. The van der Waals surface area contributed by atoms with Crippen LogP contribution in [0, 0.1) is 11.6 Å². The van der Waals surface area contributed by atoms with Crippen molar-refractivity contribution < 1.29 is 13.6 Å². The van der Waals surface area contributed by atoms with Gasteiger partial charge in [-0.1, -0.05) is 30.3 Å². The Morgan fingerprint density at radius 1 is 1.15 bits per heavy atom. The Morgan fingerprint density at radius 2 is 1.96 bits per heavy atom. The molecule has 1 aromatic heterocycles. The summed E-state index contributed by atoms with van der Waals surface area (Å²) in [4.78, 5) is 17.1. The molecule has 1 fully saturated rings. The number of carbonyl (C=O) groups is 1. The standard InChI is InChI=1S/C20H16F2N2OS/c21-16-6-3-4-12(19(16)22)11-26-18-10-15(20(25)23-13-8-9-13)14-5-1-2-7-17(14)24-18/h1-7,10,13H,8-9,11H2,(H,23,25). The molecule has 1 aliphatic rings. The maximum atomic E-state index is 13.8. The molecule has 1 heterocycles. The van der Waals surface area contributed by atoms with Gasteiger partial charge in [-0.05, 0) is 31.0 Å². The summed E-state index contributed by atoms with van der Waals surface area (Å²) in [5.41, 5.74) is 1.54. The summed E-state index contributed by atoms with van der Waals surface area (Å²) in [6, 6.07) is 13.5. The predicted octanol–water partition coefficient (Wildman–Crippen LogP) is 4.70. The van der Waals surface area contributed by atoms with Crippen LogP contribution in [-0.2, 0) is 5.75 Å². The monoisotopic (exact) mass is 370 g/mol. The smallest absolute Gasteiger partial charge is 0.252 e. The second kappa shape index (κ2) is 7.03. The highest BCUT2D eigenvalue weighted by molar-refractivity contribution is 7.98. The molecule has 0 saturated heterocycles. The van der Waals surface area contributed by atoms with E-state index >= 15 is 0 Å². The molecule has 1 N–H and O–H groups in total. The van der Waals surface area contributed by atoms with Crippen molar-refractivity contribution in [2.24, 2.45) is 0 Å². The molecule has 0 atom stereocenters. The lowest BCUT2D eigenvalue weighted by Gasteiger charge is -2.10. The van der Waals surface area contributed by atoms with Gasteiger partial charge in [0.05, 0.1) is 16.1 Å². The quantitative estimate of drug-likeness (QED) is 0.662. The number of hydrogen-bond donors (Lipinski definition) is 1. The van der Waals surface area contributed by atoms with E-state index < -0.39 is 11.6 Å². The molecule has 2 aromatic carbocycles. The Kier molecular flexibility index (Phi) is 4.59. The minimum atomic E-state index is -0.862. The van der Waals surface area contributed by atoms with Gasteiger partial charge in [0.25, 0.3) is 5.91 Å². The first-order valence-corrected chi connectivity index (χ1v) is 9.37. The number of carbonyl (C=O) groups excluding carboxylic acids is 1. The van der Waals surface area contributed by atoms with Crippen molar-refractivity contribution >= 4 is 28.6 Å². The zero-order valence-electron chi connectivity index (χ0n) is 13.8. The van der Waals surface area contributed by atoms with E-state index in [-0.39, 0.29) is 23.3 Å². The number of amides is 1. The number of nitrogens with zero attached hydrogens (tertiary/aromatic N) is 1. The van der Waals surface area contributed by atoms with Gasteiger partial charge in [0.1, 0.15) is 0 Å². The van der Waals surface area contributed by atoms with Crippen LogP contribution in [0.1, 0.15) is 28.8 Å². The van der Waals surface area contributed by atoms with Crippen LogP contribution >= 0.6 is 11.8 Å². The fourth-order valence-corrected chi connectivity index (χ4v) is 3.61. The largest absolute Gasteiger partial charge is 0.349 e. The normalized spacial score (nSPS) is 13.8. The first-order valence-electron chi connectivity index (χ1n) is 8.38. The van der Waals surface area contributed by atoms with E-state index in [0.717, 1.165) is 24.3 Å². The Hall–Kier alpha value is -2.47. The van der Waals surface area contributed by atoms with Gasteiger partial charge in [-0.3, -0.25) is 4.79 Å². The van der Waals surface area contributed by atoms with E-state index in [4.69, 9.17) is 0 Å². The minimum absolute atomic E-state index is 0.120. The van der Waals surface area contributed by atoms with Crippen molar-refractivity contribution in [2.45, 2.75) is 29.7 Å². The third-order valence-electron chi connectivity index (χ3n) is 4.26. The number of para-hydroxylation sites is 1. The Labute approximate surface area is 153 Å². The van der Waals surface area contributed by atoms with Crippen molar-refractivity contribution in [3.05, 3.63) is 71.3 Å². The summed E-state index contributed by atoms with van der Waals surface area (Å²) in [5, 5.41) is 4.38. The molecule has 132 valence electrons. The van der Waals surface area contributed by atoms with Gasteiger partial charge < -0.3 is 5.32 Å². The van der Waals surface area contributed by atoms with Gasteiger partial charge in [-0.25, -0.2) is 13.8 Å². The van der Waals surface area contributed by atoms with Gasteiger partial charge in [-0.15, -0.1) is 11.8 Å². The fourth-order valence-electron chi connectivity index (χ4n) is 2.72. The van der Waals surface area contributed by atoms with E-state index in [1.54, 1.807) is 12.1 Å². The maximum Gasteiger partial charge on any atom is 0.252 e. The van der Waals surface area contributed by atoms with Crippen LogP contribution in [0.25, 0.3) is 10.9 Å². The van der Waals surface area contributed by atoms with Gasteiger partial charge >= 0.3 is 0 Å². The number of halogens is 2. The van der Waals surface area contributed by atoms with E-state index in [1.807, 2.05) is 24.3 Å². The number of hydrogen-bond acceptors (Lipinski definition) is 3. The molecular weight excluding hydrogens is 354 g/mol. The van der Waals surface area contributed by atoms with Gasteiger partial charge in [0, 0.05) is 22.7 Å². The molecule has 6 heteroatoms. The SMILES string of the molecule is O=C(NC1CC1)c1cc(SCc2cccc(F)c2F)nc2ccccc12. The molecule has 4 rings (SSSR count). The summed E-state index contributed by atoms with van der Waals surface area (Å²) < 4.78 is 27.2. The lowest BCUT2D eigenvalue weighted by atomic mass is 10.1. The number of pyridine rings is 1. The van der Waals surface area contributed by atoms with Crippen molar-refractivity contribution in [1.29, 1.82) is 0 Å². The molecule has 0 bridgehead atoms. The van der Waals surface area contributed by atoms with Crippen LogP contribution in [0.4, 0.5) is 8.78 Å². The van der Waals surface area contributed by atoms with Crippen LogP contribution < -0.4 is 5.32 Å². The van der Waals surface area contributed by atoms with Gasteiger partial charge in [-0.2, -0.15) is 0 Å². The zero-order valence-corrected chi connectivity index (χ0v) is 14.7. The summed E-state index contributed by atoms with van der Waals surface area (Å²) in [6.07, 6.45) is 2.02. The van der Waals surface area contributed by atoms with Crippen molar-refractivity contribution in [2.75, 3.05) is 0 Å². The molecule has 1 amide bonds. The highest BCUT2D eigenvalue weighted by Gasteiger charge is 2.25. The molecule has 3 nitrogen and oxygen atoms in total. The van der Waals surface area contributed by atoms with Crippen LogP contribution in [0.15, 0.2) is 53.6 Å². The van der Waals surface area contributed by atoms with Crippen molar-refractivity contribution in [3.8, 4) is 0 Å². The van der Waals surface area contributed by atoms with Gasteiger partial charge in [0.2, 0.25) is 0 Å². The Morgan fingerprint density at radius 3 is 2.77 bits per heavy atom. The average molecular weight is 370 g/mol. The molecule has 26 heavy (non-hydrogen) atoms. The highest BCUT2D eigenvalue weighted by atomic mass is 32.2. The number of benzene rings is 2. The minimum Gasteiger partial charge on any atom is -0.349 e. The average Bonchev–Trinajstić information content (AvgIpc) is 3.46. The number of rotatable bonds is 5. The molecule has 0 radical (unpaired) electrons. The lowest BCUT2D eigenvalue weighted by Crippen LogP contribution is -2.25. The molecule has 1 saturated carbocycles. The molecule has 0 unspecified atom stereocenters. The Balaban J connectivity index is 1.64. The van der Waals surface area contributed by atoms with Crippen LogP contribution in [0.5, 0.6) is 0 Å².